The first-order valence-electron chi connectivity index (χ1n) is 6.42. The molecule has 2 aliphatic heterocycles. The van der Waals surface area contributed by atoms with Crippen molar-refractivity contribution in [3.63, 3.8) is 0 Å². The Labute approximate surface area is 116 Å². The number of hydrogen-bond acceptors (Lipinski definition) is 4. The molecule has 0 saturated carbocycles. The van der Waals surface area contributed by atoms with E-state index >= 15 is 0 Å². The van der Waals surface area contributed by atoms with Crippen LogP contribution >= 0.6 is 23.1 Å². The van der Waals surface area contributed by atoms with Crippen molar-refractivity contribution >= 4 is 29.0 Å². The van der Waals surface area contributed by atoms with Crippen LogP contribution in [0.3, 0.4) is 0 Å². The summed E-state index contributed by atoms with van der Waals surface area (Å²) in [7, 11) is 0. The first-order valence-corrected chi connectivity index (χ1v) is 8.52. The summed E-state index contributed by atoms with van der Waals surface area (Å²) in [5.74, 6) is 3.38. The number of hydrogen-bond donors (Lipinski definition) is 1. The van der Waals surface area contributed by atoms with Crippen molar-refractivity contribution in [3.8, 4) is 0 Å². The molecule has 1 amide bonds. The van der Waals surface area contributed by atoms with E-state index in [1.165, 1.54) is 23.5 Å². The van der Waals surface area contributed by atoms with Gasteiger partial charge < -0.3 is 4.90 Å². The van der Waals surface area contributed by atoms with Gasteiger partial charge in [-0.25, -0.2) is 0 Å². The van der Waals surface area contributed by atoms with Crippen LogP contribution in [0, 0.1) is 5.92 Å². The van der Waals surface area contributed by atoms with Crippen LogP contribution in [0.4, 0.5) is 0 Å². The van der Waals surface area contributed by atoms with Gasteiger partial charge in [-0.05, 0) is 53.2 Å². The largest absolute Gasteiger partial charge is 0.321 e. The lowest BCUT2D eigenvalue weighted by molar-refractivity contribution is -0.130. The van der Waals surface area contributed by atoms with E-state index in [1.807, 2.05) is 23.6 Å². The smallest absolute Gasteiger partial charge is 0.241 e. The maximum atomic E-state index is 12.3. The van der Waals surface area contributed by atoms with E-state index in [1.54, 1.807) is 11.3 Å². The Bertz CT molecular complexity index is 415. The zero-order chi connectivity index (χ0) is 12.5. The topological polar surface area (TPSA) is 32.3 Å². The van der Waals surface area contributed by atoms with E-state index in [9.17, 15) is 4.79 Å². The zero-order valence-electron chi connectivity index (χ0n) is 10.5. The molecule has 0 aliphatic carbocycles. The van der Waals surface area contributed by atoms with Gasteiger partial charge in [-0.15, -0.1) is 0 Å². The monoisotopic (exact) mass is 282 g/mol. The van der Waals surface area contributed by atoms with Crippen molar-refractivity contribution in [2.45, 2.75) is 25.6 Å². The Morgan fingerprint density at radius 1 is 1.56 bits per heavy atom. The summed E-state index contributed by atoms with van der Waals surface area (Å²) in [5.41, 5.74) is 1.23. The van der Waals surface area contributed by atoms with Crippen molar-refractivity contribution in [2.24, 2.45) is 5.92 Å². The summed E-state index contributed by atoms with van der Waals surface area (Å²) < 4.78 is 0. The molecule has 3 rings (SSSR count). The minimum Gasteiger partial charge on any atom is -0.321 e. The van der Waals surface area contributed by atoms with Crippen LogP contribution in [-0.4, -0.2) is 34.9 Å². The lowest BCUT2D eigenvalue weighted by Crippen LogP contribution is -2.35. The Morgan fingerprint density at radius 2 is 2.44 bits per heavy atom. The molecular weight excluding hydrogens is 264 g/mol. The molecular formula is C13H18N2OS2. The molecule has 18 heavy (non-hydrogen) atoms. The molecule has 1 aromatic rings. The van der Waals surface area contributed by atoms with Gasteiger partial charge in [0.05, 0.1) is 6.04 Å². The summed E-state index contributed by atoms with van der Waals surface area (Å²) in [6.45, 7) is 2.87. The number of rotatable bonds is 3. The van der Waals surface area contributed by atoms with Gasteiger partial charge in [0.2, 0.25) is 5.91 Å². The third-order valence-electron chi connectivity index (χ3n) is 3.71. The third-order valence-corrected chi connectivity index (χ3v) is 5.64. The molecule has 1 N–H and O–H groups in total. The first-order chi connectivity index (χ1) is 8.75. The molecule has 2 fully saturated rings. The molecule has 0 aromatic carbocycles. The fourth-order valence-electron chi connectivity index (χ4n) is 2.68. The number of carbonyl (C=O) groups excluding carboxylic acids is 1. The van der Waals surface area contributed by atoms with E-state index < -0.39 is 0 Å². The van der Waals surface area contributed by atoms with Gasteiger partial charge in [-0.1, -0.05) is 0 Å². The van der Waals surface area contributed by atoms with Crippen LogP contribution in [0.25, 0.3) is 0 Å². The first kappa shape index (κ1) is 12.5. The van der Waals surface area contributed by atoms with Crippen molar-refractivity contribution in [2.75, 3.05) is 18.1 Å². The van der Waals surface area contributed by atoms with E-state index in [0.717, 1.165) is 6.54 Å². The predicted octanol–water partition coefficient (Wildman–Crippen LogP) is 2.32. The standard InChI is InChI=1S/C13H18N2OS2/c1-9-13(16)15(6-10-2-4-17-7-10)12(14-9)11-3-5-18-8-11/h3,5,8-10,12,14H,2,4,6-7H2,1H3. The molecule has 0 radical (unpaired) electrons. The van der Waals surface area contributed by atoms with Crippen molar-refractivity contribution in [1.82, 2.24) is 10.2 Å². The molecule has 5 heteroatoms. The predicted molar refractivity (Wildman–Crippen MR) is 76.8 cm³/mol. The van der Waals surface area contributed by atoms with Crippen LogP contribution in [0.15, 0.2) is 16.8 Å². The Morgan fingerprint density at radius 3 is 3.11 bits per heavy atom. The summed E-state index contributed by atoms with van der Waals surface area (Å²) in [4.78, 5) is 14.3. The highest BCUT2D eigenvalue weighted by Gasteiger charge is 2.38. The van der Waals surface area contributed by atoms with Gasteiger partial charge in [0, 0.05) is 6.54 Å². The molecule has 3 heterocycles. The number of nitrogens with zero attached hydrogens (tertiary/aromatic N) is 1. The number of carbonyl (C=O) groups is 1. The zero-order valence-corrected chi connectivity index (χ0v) is 12.1. The number of thioether (sulfide) groups is 1. The van der Waals surface area contributed by atoms with Gasteiger partial charge in [-0.2, -0.15) is 23.1 Å². The van der Waals surface area contributed by atoms with E-state index in [-0.39, 0.29) is 18.1 Å². The molecule has 3 nitrogen and oxygen atoms in total. The van der Waals surface area contributed by atoms with Crippen molar-refractivity contribution < 1.29 is 4.79 Å². The van der Waals surface area contributed by atoms with Gasteiger partial charge in [0.15, 0.2) is 0 Å². The number of amides is 1. The van der Waals surface area contributed by atoms with Gasteiger partial charge in [-0.3, -0.25) is 10.1 Å². The molecule has 0 bridgehead atoms. The maximum Gasteiger partial charge on any atom is 0.241 e. The average Bonchev–Trinajstić information content (AvgIpc) is 3.07. The SMILES string of the molecule is CC1NC(c2ccsc2)N(CC2CCSC2)C1=O. The summed E-state index contributed by atoms with van der Waals surface area (Å²) >= 11 is 3.70. The second kappa shape index (κ2) is 5.23. The summed E-state index contributed by atoms with van der Waals surface area (Å²) in [5, 5.41) is 7.62. The molecule has 98 valence electrons. The van der Waals surface area contributed by atoms with Crippen LogP contribution < -0.4 is 5.32 Å². The van der Waals surface area contributed by atoms with Gasteiger partial charge >= 0.3 is 0 Å². The fourth-order valence-corrected chi connectivity index (χ4v) is 4.63. The van der Waals surface area contributed by atoms with Crippen molar-refractivity contribution in [3.05, 3.63) is 22.4 Å². The van der Waals surface area contributed by atoms with Crippen LogP contribution in [0.5, 0.6) is 0 Å². The second-order valence-corrected chi connectivity index (χ2v) is 7.00. The minimum absolute atomic E-state index is 0.0519. The van der Waals surface area contributed by atoms with E-state index in [2.05, 4.69) is 22.1 Å². The molecule has 3 unspecified atom stereocenters. The lowest BCUT2D eigenvalue weighted by atomic mass is 10.1. The maximum absolute atomic E-state index is 12.3. The Kier molecular flexibility index (Phi) is 3.63. The number of thiophene rings is 1. The molecule has 3 atom stereocenters. The van der Waals surface area contributed by atoms with Gasteiger partial charge in [0.25, 0.3) is 0 Å². The Hall–Kier alpha value is -0.520. The molecule has 2 aliphatic rings. The highest BCUT2D eigenvalue weighted by molar-refractivity contribution is 7.99. The highest BCUT2D eigenvalue weighted by Crippen LogP contribution is 2.31. The molecule has 2 saturated heterocycles. The second-order valence-electron chi connectivity index (χ2n) is 5.07. The highest BCUT2D eigenvalue weighted by atomic mass is 32.2. The third kappa shape index (κ3) is 2.31. The summed E-state index contributed by atoms with van der Waals surface area (Å²) in [6.07, 6.45) is 1.34. The summed E-state index contributed by atoms with van der Waals surface area (Å²) in [6, 6.07) is 2.06. The van der Waals surface area contributed by atoms with E-state index in [4.69, 9.17) is 0 Å². The number of nitrogens with one attached hydrogen (secondary N) is 1. The van der Waals surface area contributed by atoms with Gasteiger partial charge in [0.1, 0.15) is 6.17 Å². The lowest BCUT2D eigenvalue weighted by Gasteiger charge is -2.26. The quantitative estimate of drug-likeness (QED) is 0.923. The van der Waals surface area contributed by atoms with E-state index in [0.29, 0.717) is 5.92 Å². The fraction of sp³-hybridized carbons (Fsp3) is 0.615. The normalized spacial score (nSPS) is 32.4. The molecule has 0 spiro atoms. The van der Waals surface area contributed by atoms with Crippen molar-refractivity contribution in [1.29, 1.82) is 0 Å². The molecule has 1 aromatic heterocycles. The van der Waals surface area contributed by atoms with Crippen LogP contribution in [-0.2, 0) is 4.79 Å². The minimum atomic E-state index is -0.0519. The van der Waals surface area contributed by atoms with Crippen LogP contribution in [0.1, 0.15) is 25.1 Å². The average molecular weight is 282 g/mol. The van der Waals surface area contributed by atoms with Crippen LogP contribution in [0.2, 0.25) is 0 Å². The Balaban J connectivity index is 1.77.